The Balaban J connectivity index is 1.46. The number of thiazole rings is 1. The summed E-state index contributed by atoms with van der Waals surface area (Å²) in [5.41, 5.74) is 2.32. The Hall–Kier alpha value is -2.20. The highest BCUT2D eigenvalue weighted by atomic mass is 32.1. The van der Waals surface area contributed by atoms with E-state index in [-0.39, 0.29) is 17.7 Å². The maximum Gasteiger partial charge on any atom is 0.223 e. The van der Waals surface area contributed by atoms with Gasteiger partial charge < -0.3 is 5.32 Å². The van der Waals surface area contributed by atoms with E-state index in [1.807, 2.05) is 12.1 Å². The van der Waals surface area contributed by atoms with E-state index in [0.717, 1.165) is 29.8 Å². The fourth-order valence-electron chi connectivity index (χ4n) is 4.07. The van der Waals surface area contributed by atoms with Crippen LogP contribution in [0.25, 0.3) is 10.2 Å². The topological polar surface area (TPSA) is 42.0 Å². The largest absolute Gasteiger partial charge is 0.355 e. The Morgan fingerprint density at radius 2 is 1.85 bits per heavy atom. The van der Waals surface area contributed by atoms with Crippen LogP contribution in [-0.2, 0) is 4.79 Å². The fraction of sp³-hybridized carbons (Fsp3) is 0.391. The van der Waals surface area contributed by atoms with E-state index in [1.165, 1.54) is 16.7 Å². The number of nitrogens with one attached hydrogen (secondary N) is 1. The van der Waals surface area contributed by atoms with Crippen molar-refractivity contribution in [3.63, 3.8) is 0 Å². The number of para-hydroxylation sites is 1. The van der Waals surface area contributed by atoms with Gasteiger partial charge in [-0.25, -0.2) is 4.98 Å². The number of carbonyl (C=O) groups is 1. The molecular weight excluding hydrogens is 352 g/mol. The molecule has 1 fully saturated rings. The highest BCUT2D eigenvalue weighted by Gasteiger charge is 2.34. The molecular formula is C23H26N2OS. The van der Waals surface area contributed by atoms with Gasteiger partial charge >= 0.3 is 0 Å². The highest BCUT2D eigenvalue weighted by molar-refractivity contribution is 7.18. The first kappa shape index (κ1) is 18.2. The van der Waals surface area contributed by atoms with Crippen molar-refractivity contribution < 1.29 is 4.79 Å². The van der Waals surface area contributed by atoms with Gasteiger partial charge in [0.1, 0.15) is 0 Å². The number of nitrogens with zero attached hydrogens (tertiary/aromatic N) is 1. The monoisotopic (exact) mass is 378 g/mol. The van der Waals surface area contributed by atoms with Gasteiger partial charge in [0.05, 0.1) is 15.2 Å². The maximum absolute atomic E-state index is 13.0. The standard InChI is InChI=1S/C23H26N2OS/c1-16(17-9-3-2-4-10-17)15-24-22(26)18-11-5-6-12-19(18)23-25-20-13-7-8-14-21(20)27-23/h2-4,7-10,13-14,16,18-19H,5-6,11-12,15H2,1H3,(H,24,26)/t16-,18+,19-/m1/s1. The Bertz CT molecular complexity index is 872. The van der Waals surface area contributed by atoms with Crippen molar-refractivity contribution in [2.24, 2.45) is 5.92 Å². The quantitative estimate of drug-likeness (QED) is 0.638. The van der Waals surface area contributed by atoms with Crippen LogP contribution in [0, 0.1) is 5.92 Å². The predicted molar refractivity (Wildman–Crippen MR) is 112 cm³/mol. The number of rotatable bonds is 5. The number of hydrogen-bond donors (Lipinski definition) is 1. The lowest BCUT2D eigenvalue weighted by molar-refractivity contribution is -0.126. The second kappa shape index (κ2) is 8.22. The van der Waals surface area contributed by atoms with Crippen LogP contribution in [0.3, 0.4) is 0 Å². The van der Waals surface area contributed by atoms with E-state index in [0.29, 0.717) is 12.5 Å². The molecule has 4 rings (SSSR count). The summed E-state index contributed by atoms with van der Waals surface area (Å²) in [5, 5.41) is 4.35. The van der Waals surface area contributed by atoms with Crippen LogP contribution in [0.5, 0.6) is 0 Å². The molecule has 0 unspecified atom stereocenters. The lowest BCUT2D eigenvalue weighted by Gasteiger charge is -2.29. The van der Waals surface area contributed by atoms with Gasteiger partial charge in [-0.15, -0.1) is 11.3 Å². The van der Waals surface area contributed by atoms with Crippen LogP contribution in [0.4, 0.5) is 0 Å². The first-order chi connectivity index (χ1) is 13.2. The molecule has 1 heterocycles. The Kier molecular flexibility index (Phi) is 5.53. The number of fused-ring (bicyclic) bond motifs is 1. The van der Waals surface area contributed by atoms with E-state index in [1.54, 1.807) is 11.3 Å². The molecule has 0 aliphatic heterocycles. The number of benzene rings is 2. The molecule has 0 saturated heterocycles. The maximum atomic E-state index is 13.0. The van der Waals surface area contributed by atoms with Gasteiger partial charge in [0.15, 0.2) is 0 Å². The molecule has 1 saturated carbocycles. The molecule has 3 aromatic rings. The van der Waals surface area contributed by atoms with Crippen LogP contribution in [0.15, 0.2) is 54.6 Å². The summed E-state index contributed by atoms with van der Waals surface area (Å²) in [4.78, 5) is 17.8. The minimum atomic E-state index is 0.0438. The molecule has 3 atom stereocenters. The van der Waals surface area contributed by atoms with Crippen molar-refractivity contribution in [2.45, 2.75) is 44.4 Å². The average Bonchev–Trinajstić information content (AvgIpc) is 3.16. The lowest BCUT2D eigenvalue weighted by atomic mass is 9.79. The van der Waals surface area contributed by atoms with Crippen LogP contribution in [-0.4, -0.2) is 17.4 Å². The minimum Gasteiger partial charge on any atom is -0.355 e. The molecule has 140 valence electrons. The van der Waals surface area contributed by atoms with E-state index in [2.05, 4.69) is 54.7 Å². The fourth-order valence-corrected chi connectivity index (χ4v) is 5.24. The Morgan fingerprint density at radius 1 is 1.11 bits per heavy atom. The smallest absolute Gasteiger partial charge is 0.223 e. The third-order valence-electron chi connectivity index (χ3n) is 5.68. The normalized spacial score (nSPS) is 21.1. The molecule has 3 nitrogen and oxygen atoms in total. The van der Waals surface area contributed by atoms with E-state index >= 15 is 0 Å². The van der Waals surface area contributed by atoms with Gasteiger partial charge in [-0.05, 0) is 36.5 Å². The van der Waals surface area contributed by atoms with Crippen LogP contribution in [0.2, 0.25) is 0 Å². The van der Waals surface area contributed by atoms with Gasteiger partial charge in [-0.2, -0.15) is 0 Å². The van der Waals surface area contributed by atoms with Gasteiger partial charge in [-0.3, -0.25) is 4.79 Å². The second-order valence-corrected chi connectivity index (χ2v) is 8.64. The summed E-state index contributed by atoms with van der Waals surface area (Å²) in [7, 11) is 0. The van der Waals surface area contributed by atoms with Crippen molar-refractivity contribution >= 4 is 27.5 Å². The molecule has 1 N–H and O–H groups in total. The van der Waals surface area contributed by atoms with E-state index < -0.39 is 0 Å². The Morgan fingerprint density at radius 3 is 2.67 bits per heavy atom. The first-order valence-corrected chi connectivity index (χ1v) is 10.7. The SMILES string of the molecule is C[C@H](CNC(=O)[C@H]1CCCC[C@H]1c1nc2ccccc2s1)c1ccccc1. The first-order valence-electron chi connectivity index (χ1n) is 9.90. The van der Waals surface area contributed by atoms with Crippen molar-refractivity contribution in [3.8, 4) is 0 Å². The molecule has 0 spiro atoms. The summed E-state index contributed by atoms with van der Waals surface area (Å²) in [6.07, 6.45) is 4.34. The lowest BCUT2D eigenvalue weighted by Crippen LogP contribution is -2.37. The summed E-state index contributed by atoms with van der Waals surface area (Å²) < 4.78 is 1.22. The molecule has 4 heteroatoms. The van der Waals surface area contributed by atoms with Crippen LogP contribution >= 0.6 is 11.3 Å². The molecule has 0 radical (unpaired) electrons. The number of hydrogen-bond acceptors (Lipinski definition) is 3. The molecule has 1 amide bonds. The third-order valence-corrected chi connectivity index (χ3v) is 6.85. The second-order valence-electron chi connectivity index (χ2n) is 7.57. The summed E-state index contributed by atoms with van der Waals surface area (Å²) in [5.74, 6) is 0.812. The highest BCUT2D eigenvalue weighted by Crippen LogP contribution is 2.40. The van der Waals surface area contributed by atoms with Crippen molar-refractivity contribution in [1.82, 2.24) is 10.3 Å². The molecule has 27 heavy (non-hydrogen) atoms. The van der Waals surface area contributed by atoms with Crippen molar-refractivity contribution in [3.05, 3.63) is 65.2 Å². The molecule has 1 aliphatic rings. The molecule has 0 bridgehead atoms. The zero-order chi connectivity index (χ0) is 18.6. The van der Waals surface area contributed by atoms with Crippen LogP contribution < -0.4 is 5.32 Å². The minimum absolute atomic E-state index is 0.0438. The van der Waals surface area contributed by atoms with Crippen molar-refractivity contribution in [2.75, 3.05) is 6.54 Å². The van der Waals surface area contributed by atoms with Gasteiger partial charge in [-0.1, -0.05) is 62.2 Å². The number of carbonyl (C=O) groups excluding carboxylic acids is 1. The molecule has 1 aliphatic carbocycles. The summed E-state index contributed by atoms with van der Waals surface area (Å²) in [6.45, 7) is 2.85. The predicted octanol–water partition coefficient (Wildman–Crippen LogP) is 5.49. The van der Waals surface area contributed by atoms with Crippen LogP contribution in [0.1, 0.15) is 55.0 Å². The summed E-state index contributed by atoms with van der Waals surface area (Å²) in [6, 6.07) is 18.7. The van der Waals surface area contributed by atoms with E-state index in [9.17, 15) is 4.79 Å². The number of amides is 1. The van der Waals surface area contributed by atoms with Gasteiger partial charge in [0, 0.05) is 18.4 Å². The Labute approximate surface area is 164 Å². The number of aromatic nitrogens is 1. The van der Waals surface area contributed by atoms with Gasteiger partial charge in [0.25, 0.3) is 0 Å². The zero-order valence-electron chi connectivity index (χ0n) is 15.7. The van der Waals surface area contributed by atoms with Gasteiger partial charge in [0.2, 0.25) is 5.91 Å². The summed E-state index contributed by atoms with van der Waals surface area (Å²) >= 11 is 1.76. The zero-order valence-corrected chi connectivity index (χ0v) is 16.5. The van der Waals surface area contributed by atoms with Crippen molar-refractivity contribution in [1.29, 1.82) is 0 Å². The average molecular weight is 379 g/mol. The molecule has 1 aromatic heterocycles. The molecule has 2 aromatic carbocycles. The van der Waals surface area contributed by atoms with E-state index in [4.69, 9.17) is 4.98 Å². The third kappa shape index (κ3) is 4.06.